The summed E-state index contributed by atoms with van der Waals surface area (Å²) in [5.41, 5.74) is 1.61. The van der Waals surface area contributed by atoms with Crippen LogP contribution in [0.2, 0.25) is 5.02 Å². The molecule has 1 aromatic heterocycles. The van der Waals surface area contributed by atoms with Crippen molar-refractivity contribution in [3.05, 3.63) is 51.4 Å². The largest absolute Gasteiger partial charge is 0.391 e. The van der Waals surface area contributed by atoms with Gasteiger partial charge in [-0.25, -0.2) is 8.42 Å². The van der Waals surface area contributed by atoms with E-state index in [0.29, 0.717) is 9.90 Å². The summed E-state index contributed by atoms with van der Waals surface area (Å²) in [6.07, 6.45) is 0. The summed E-state index contributed by atoms with van der Waals surface area (Å²) in [6.45, 7) is 1.89. The SMILES string of the molecule is Cc1cc(S(=O)(=O)N(C)Cc2cccc(Cl)c2)sc1CO. The second kappa shape index (κ2) is 6.46. The molecule has 2 rings (SSSR count). The predicted octanol–water partition coefficient (Wildman–Crippen LogP) is 3.02. The molecular formula is C14H16ClNO3S2. The number of aryl methyl sites for hydroxylation is 1. The minimum atomic E-state index is -3.56. The molecule has 0 bridgehead atoms. The zero-order valence-corrected chi connectivity index (χ0v) is 14.1. The Kier molecular flexibility index (Phi) is 5.06. The summed E-state index contributed by atoms with van der Waals surface area (Å²) in [6, 6.07) is 8.70. The van der Waals surface area contributed by atoms with Crippen molar-refractivity contribution in [2.75, 3.05) is 7.05 Å². The van der Waals surface area contributed by atoms with Gasteiger partial charge in [0.25, 0.3) is 10.0 Å². The number of halogens is 1. The van der Waals surface area contributed by atoms with Crippen LogP contribution in [0.25, 0.3) is 0 Å². The highest BCUT2D eigenvalue weighted by Crippen LogP contribution is 2.28. The van der Waals surface area contributed by atoms with Crippen LogP contribution >= 0.6 is 22.9 Å². The van der Waals surface area contributed by atoms with Crippen molar-refractivity contribution in [3.63, 3.8) is 0 Å². The van der Waals surface area contributed by atoms with E-state index in [2.05, 4.69) is 0 Å². The molecular weight excluding hydrogens is 330 g/mol. The minimum absolute atomic E-state index is 0.149. The average molecular weight is 346 g/mol. The molecule has 4 nitrogen and oxygen atoms in total. The maximum absolute atomic E-state index is 12.5. The second-order valence-electron chi connectivity index (χ2n) is 4.72. The van der Waals surface area contributed by atoms with Gasteiger partial charge in [-0.3, -0.25) is 0 Å². The van der Waals surface area contributed by atoms with E-state index in [1.54, 1.807) is 31.2 Å². The quantitative estimate of drug-likeness (QED) is 0.906. The second-order valence-corrected chi connectivity index (χ2v) is 8.57. The van der Waals surface area contributed by atoms with Crippen LogP contribution < -0.4 is 0 Å². The molecule has 0 aliphatic carbocycles. The lowest BCUT2D eigenvalue weighted by atomic mass is 10.2. The Bertz CT molecular complexity index is 740. The molecule has 0 amide bonds. The fourth-order valence-electron chi connectivity index (χ4n) is 1.90. The first-order chi connectivity index (χ1) is 9.84. The first kappa shape index (κ1) is 16.5. The lowest BCUT2D eigenvalue weighted by Gasteiger charge is -2.16. The Morgan fingerprint density at radius 3 is 2.62 bits per heavy atom. The van der Waals surface area contributed by atoms with Gasteiger partial charge in [-0.1, -0.05) is 23.7 Å². The number of hydrogen-bond acceptors (Lipinski definition) is 4. The van der Waals surface area contributed by atoms with Crippen molar-refractivity contribution < 1.29 is 13.5 Å². The summed E-state index contributed by atoms with van der Waals surface area (Å²) < 4.78 is 26.6. The molecule has 0 saturated heterocycles. The van der Waals surface area contributed by atoms with Crippen LogP contribution in [0.4, 0.5) is 0 Å². The van der Waals surface area contributed by atoms with Gasteiger partial charge in [0.1, 0.15) is 4.21 Å². The number of benzene rings is 1. The molecule has 0 unspecified atom stereocenters. The highest BCUT2D eigenvalue weighted by atomic mass is 35.5. The monoisotopic (exact) mass is 345 g/mol. The molecule has 2 aromatic rings. The normalized spacial score (nSPS) is 12.0. The number of thiophene rings is 1. The van der Waals surface area contributed by atoms with Crippen LogP contribution in [-0.2, 0) is 23.2 Å². The van der Waals surface area contributed by atoms with Gasteiger partial charge in [0.2, 0.25) is 0 Å². The summed E-state index contributed by atoms with van der Waals surface area (Å²) >= 11 is 7.01. The molecule has 0 fully saturated rings. The first-order valence-corrected chi connectivity index (χ1v) is 8.89. The van der Waals surface area contributed by atoms with Crippen LogP contribution in [0.5, 0.6) is 0 Å². The number of sulfonamides is 1. The Hall–Kier alpha value is -0.920. The van der Waals surface area contributed by atoms with E-state index >= 15 is 0 Å². The van der Waals surface area contributed by atoms with Crippen molar-refractivity contribution in [2.45, 2.75) is 24.3 Å². The summed E-state index contributed by atoms with van der Waals surface area (Å²) in [5.74, 6) is 0. The van der Waals surface area contributed by atoms with E-state index in [0.717, 1.165) is 22.5 Å². The van der Waals surface area contributed by atoms with E-state index in [-0.39, 0.29) is 17.4 Å². The Labute approximate surface area is 133 Å². The maximum Gasteiger partial charge on any atom is 0.252 e. The summed E-state index contributed by atoms with van der Waals surface area (Å²) in [7, 11) is -2.03. The molecule has 0 atom stereocenters. The van der Waals surface area contributed by atoms with Crippen molar-refractivity contribution in [1.29, 1.82) is 0 Å². The molecule has 1 aromatic carbocycles. The van der Waals surface area contributed by atoms with Crippen molar-refractivity contribution >= 4 is 33.0 Å². The van der Waals surface area contributed by atoms with E-state index in [9.17, 15) is 13.5 Å². The van der Waals surface area contributed by atoms with Gasteiger partial charge in [-0.05, 0) is 36.2 Å². The van der Waals surface area contributed by atoms with Gasteiger partial charge in [0.15, 0.2) is 0 Å². The van der Waals surface area contributed by atoms with Gasteiger partial charge >= 0.3 is 0 Å². The highest BCUT2D eigenvalue weighted by molar-refractivity contribution is 7.91. The Balaban J connectivity index is 2.26. The lowest BCUT2D eigenvalue weighted by molar-refractivity contribution is 0.285. The fraction of sp³-hybridized carbons (Fsp3) is 0.286. The fourth-order valence-corrected chi connectivity index (χ4v) is 4.94. The molecule has 114 valence electrons. The van der Waals surface area contributed by atoms with Crippen LogP contribution in [0.3, 0.4) is 0 Å². The molecule has 0 aliphatic heterocycles. The molecule has 1 heterocycles. The zero-order valence-electron chi connectivity index (χ0n) is 11.7. The number of rotatable bonds is 5. The minimum Gasteiger partial charge on any atom is -0.391 e. The Morgan fingerprint density at radius 2 is 2.05 bits per heavy atom. The van der Waals surface area contributed by atoms with Crippen LogP contribution in [0.1, 0.15) is 16.0 Å². The maximum atomic E-state index is 12.5. The Morgan fingerprint density at radius 1 is 1.33 bits per heavy atom. The van der Waals surface area contributed by atoms with Gasteiger partial charge in [-0.2, -0.15) is 4.31 Å². The first-order valence-electron chi connectivity index (χ1n) is 6.25. The van der Waals surface area contributed by atoms with Gasteiger partial charge in [0, 0.05) is 23.5 Å². The van der Waals surface area contributed by atoms with Gasteiger partial charge in [-0.15, -0.1) is 11.3 Å². The number of nitrogens with zero attached hydrogens (tertiary/aromatic N) is 1. The summed E-state index contributed by atoms with van der Waals surface area (Å²) in [5, 5.41) is 9.77. The lowest BCUT2D eigenvalue weighted by Crippen LogP contribution is -2.25. The zero-order chi connectivity index (χ0) is 15.6. The summed E-state index contributed by atoms with van der Waals surface area (Å²) in [4.78, 5) is 0.671. The number of aliphatic hydroxyl groups is 1. The van der Waals surface area contributed by atoms with Gasteiger partial charge < -0.3 is 5.11 Å². The molecule has 1 N–H and O–H groups in total. The predicted molar refractivity (Wildman–Crippen MR) is 85.1 cm³/mol. The third kappa shape index (κ3) is 3.64. The highest BCUT2D eigenvalue weighted by Gasteiger charge is 2.24. The van der Waals surface area contributed by atoms with Crippen LogP contribution in [0, 0.1) is 6.92 Å². The molecule has 0 saturated carbocycles. The van der Waals surface area contributed by atoms with Gasteiger partial charge in [0.05, 0.1) is 6.61 Å². The van der Waals surface area contributed by atoms with Crippen molar-refractivity contribution in [1.82, 2.24) is 4.31 Å². The third-order valence-electron chi connectivity index (χ3n) is 3.10. The molecule has 0 aliphatic rings. The molecule has 7 heteroatoms. The molecule has 21 heavy (non-hydrogen) atoms. The van der Waals surface area contributed by atoms with E-state index < -0.39 is 10.0 Å². The smallest absolute Gasteiger partial charge is 0.252 e. The van der Waals surface area contributed by atoms with E-state index in [1.165, 1.54) is 11.4 Å². The van der Waals surface area contributed by atoms with Crippen molar-refractivity contribution in [3.8, 4) is 0 Å². The molecule has 0 radical (unpaired) electrons. The standard InChI is InChI=1S/C14H16ClNO3S2/c1-10-6-14(20-13(10)9-17)21(18,19)16(2)8-11-4-3-5-12(15)7-11/h3-7,17H,8-9H2,1-2H3. The number of hydrogen-bond donors (Lipinski definition) is 1. The van der Waals surface area contributed by atoms with Crippen LogP contribution in [-0.4, -0.2) is 24.9 Å². The van der Waals surface area contributed by atoms with Crippen molar-refractivity contribution in [2.24, 2.45) is 0 Å². The average Bonchev–Trinajstić information content (AvgIpc) is 2.80. The van der Waals surface area contributed by atoms with E-state index in [1.807, 2.05) is 6.07 Å². The van der Waals surface area contributed by atoms with E-state index in [4.69, 9.17) is 11.6 Å². The third-order valence-corrected chi connectivity index (χ3v) is 6.81. The molecule has 0 spiro atoms. The number of aliphatic hydroxyl groups excluding tert-OH is 1. The topological polar surface area (TPSA) is 57.6 Å². The van der Waals surface area contributed by atoms with Crippen LogP contribution in [0.15, 0.2) is 34.5 Å².